The molecule has 1 heterocycles. The average molecular weight is 287 g/mol. The number of alkyl halides is 3. The molecule has 1 N–H and O–H groups in total. The number of benzene rings is 1. The van der Waals surface area contributed by atoms with Crippen molar-refractivity contribution in [3.63, 3.8) is 0 Å². The second kappa shape index (κ2) is 5.80. The SMILES string of the molecule is CN1CCN(NC(=O)c2ccccc2C(F)(F)F)CC1. The summed E-state index contributed by atoms with van der Waals surface area (Å²) >= 11 is 0. The van der Waals surface area contributed by atoms with Crippen LogP contribution in [-0.4, -0.2) is 49.0 Å². The number of amides is 1. The standard InChI is InChI=1S/C13H16F3N3O/c1-18-6-8-19(9-7-18)17-12(20)10-4-2-3-5-11(10)13(14,15)16/h2-5H,6-9H2,1H3,(H,17,20). The minimum absolute atomic E-state index is 0.348. The van der Waals surface area contributed by atoms with E-state index in [1.165, 1.54) is 18.2 Å². The Labute approximate surface area is 115 Å². The average Bonchev–Trinajstić information content (AvgIpc) is 2.40. The van der Waals surface area contributed by atoms with Gasteiger partial charge < -0.3 is 4.90 Å². The van der Waals surface area contributed by atoms with Gasteiger partial charge in [-0.05, 0) is 19.2 Å². The van der Waals surface area contributed by atoms with Gasteiger partial charge >= 0.3 is 6.18 Å². The van der Waals surface area contributed by atoms with E-state index < -0.39 is 17.6 Å². The van der Waals surface area contributed by atoms with Crippen molar-refractivity contribution in [1.82, 2.24) is 15.3 Å². The van der Waals surface area contributed by atoms with Gasteiger partial charge in [-0.25, -0.2) is 5.01 Å². The summed E-state index contributed by atoms with van der Waals surface area (Å²) in [5.74, 6) is -0.720. The fraction of sp³-hybridized carbons (Fsp3) is 0.462. The van der Waals surface area contributed by atoms with Crippen LogP contribution in [-0.2, 0) is 6.18 Å². The van der Waals surface area contributed by atoms with E-state index in [2.05, 4.69) is 10.3 Å². The Kier molecular flexibility index (Phi) is 4.29. The first-order valence-corrected chi connectivity index (χ1v) is 6.28. The minimum Gasteiger partial charge on any atom is -0.304 e. The van der Waals surface area contributed by atoms with Gasteiger partial charge in [-0.15, -0.1) is 0 Å². The van der Waals surface area contributed by atoms with Crippen molar-refractivity contribution in [2.45, 2.75) is 6.18 Å². The highest BCUT2D eigenvalue weighted by atomic mass is 19.4. The molecule has 1 amide bonds. The molecule has 0 unspecified atom stereocenters. The number of hydrazine groups is 1. The van der Waals surface area contributed by atoms with Gasteiger partial charge in [0, 0.05) is 26.2 Å². The molecule has 0 radical (unpaired) electrons. The molecule has 20 heavy (non-hydrogen) atoms. The van der Waals surface area contributed by atoms with Crippen LogP contribution in [0.25, 0.3) is 0 Å². The molecule has 1 aliphatic heterocycles. The van der Waals surface area contributed by atoms with E-state index in [-0.39, 0.29) is 5.56 Å². The van der Waals surface area contributed by atoms with Gasteiger partial charge in [0.15, 0.2) is 0 Å². The van der Waals surface area contributed by atoms with Crippen LogP contribution in [0.4, 0.5) is 13.2 Å². The third-order valence-corrected chi connectivity index (χ3v) is 3.24. The first kappa shape index (κ1) is 14.8. The second-order valence-corrected chi connectivity index (χ2v) is 4.77. The van der Waals surface area contributed by atoms with Crippen LogP contribution in [0.5, 0.6) is 0 Å². The number of halogens is 3. The van der Waals surface area contributed by atoms with E-state index in [0.29, 0.717) is 13.1 Å². The first-order valence-electron chi connectivity index (χ1n) is 6.28. The van der Waals surface area contributed by atoms with Gasteiger partial charge in [0.2, 0.25) is 0 Å². The number of nitrogens with one attached hydrogen (secondary N) is 1. The summed E-state index contributed by atoms with van der Waals surface area (Å²) in [5.41, 5.74) is 1.28. The summed E-state index contributed by atoms with van der Waals surface area (Å²) < 4.78 is 38.5. The summed E-state index contributed by atoms with van der Waals surface area (Å²) in [7, 11) is 1.96. The highest BCUT2D eigenvalue weighted by molar-refractivity contribution is 5.95. The third kappa shape index (κ3) is 3.49. The number of hydrogen-bond donors (Lipinski definition) is 1. The van der Waals surface area contributed by atoms with Crippen molar-refractivity contribution in [3.8, 4) is 0 Å². The summed E-state index contributed by atoms with van der Waals surface area (Å²) in [6.45, 7) is 2.72. The van der Waals surface area contributed by atoms with Crippen LogP contribution in [0.3, 0.4) is 0 Å². The maximum atomic E-state index is 12.8. The van der Waals surface area contributed by atoms with Crippen molar-refractivity contribution >= 4 is 5.91 Å². The Bertz CT molecular complexity index is 482. The zero-order chi connectivity index (χ0) is 14.8. The fourth-order valence-corrected chi connectivity index (χ4v) is 2.05. The summed E-state index contributed by atoms with van der Waals surface area (Å²) in [5, 5.41) is 1.65. The summed E-state index contributed by atoms with van der Waals surface area (Å²) in [6, 6.07) is 4.80. The molecule has 0 spiro atoms. The Balaban J connectivity index is 2.10. The highest BCUT2D eigenvalue weighted by Gasteiger charge is 2.35. The molecule has 0 atom stereocenters. The highest BCUT2D eigenvalue weighted by Crippen LogP contribution is 2.31. The largest absolute Gasteiger partial charge is 0.417 e. The lowest BCUT2D eigenvalue weighted by Gasteiger charge is -2.32. The van der Waals surface area contributed by atoms with Gasteiger partial charge in [-0.1, -0.05) is 12.1 Å². The normalized spacial score (nSPS) is 18.0. The zero-order valence-electron chi connectivity index (χ0n) is 11.1. The second-order valence-electron chi connectivity index (χ2n) is 4.77. The first-order chi connectivity index (χ1) is 9.38. The van der Waals surface area contributed by atoms with Crippen molar-refractivity contribution in [1.29, 1.82) is 0 Å². The lowest BCUT2D eigenvalue weighted by Crippen LogP contribution is -2.52. The monoisotopic (exact) mass is 287 g/mol. The molecule has 7 heteroatoms. The predicted octanol–water partition coefficient (Wildman–Crippen LogP) is 1.60. The molecule has 2 rings (SSSR count). The number of carbonyl (C=O) groups is 1. The van der Waals surface area contributed by atoms with Crippen molar-refractivity contribution in [2.75, 3.05) is 33.2 Å². The van der Waals surface area contributed by atoms with Crippen molar-refractivity contribution in [3.05, 3.63) is 35.4 Å². The molecule has 1 aromatic rings. The predicted molar refractivity (Wildman–Crippen MR) is 68.0 cm³/mol. The molecule has 0 aromatic heterocycles. The van der Waals surface area contributed by atoms with Crippen LogP contribution in [0.15, 0.2) is 24.3 Å². The van der Waals surface area contributed by atoms with Crippen molar-refractivity contribution < 1.29 is 18.0 Å². The van der Waals surface area contributed by atoms with Gasteiger partial charge in [-0.2, -0.15) is 13.2 Å². The van der Waals surface area contributed by atoms with Crippen LogP contribution < -0.4 is 5.43 Å². The zero-order valence-corrected chi connectivity index (χ0v) is 11.1. The number of piperazine rings is 1. The van der Waals surface area contributed by atoms with Gasteiger partial charge in [0.25, 0.3) is 5.91 Å². The van der Waals surface area contributed by atoms with E-state index in [1.54, 1.807) is 5.01 Å². The molecule has 0 aliphatic carbocycles. The van der Waals surface area contributed by atoms with Gasteiger partial charge in [0.1, 0.15) is 0 Å². The molecule has 1 fully saturated rings. The quantitative estimate of drug-likeness (QED) is 0.897. The molecule has 4 nitrogen and oxygen atoms in total. The van der Waals surface area contributed by atoms with E-state index in [4.69, 9.17) is 0 Å². The van der Waals surface area contributed by atoms with Gasteiger partial charge in [0.05, 0.1) is 11.1 Å². The van der Waals surface area contributed by atoms with Gasteiger partial charge in [-0.3, -0.25) is 10.2 Å². The maximum Gasteiger partial charge on any atom is 0.417 e. The Morgan fingerprint density at radius 3 is 2.35 bits per heavy atom. The topological polar surface area (TPSA) is 35.6 Å². The Morgan fingerprint density at radius 2 is 1.75 bits per heavy atom. The number of likely N-dealkylation sites (N-methyl/N-ethyl adjacent to an activating group) is 1. The van der Waals surface area contributed by atoms with E-state index in [0.717, 1.165) is 19.2 Å². The lowest BCUT2D eigenvalue weighted by molar-refractivity contribution is -0.138. The van der Waals surface area contributed by atoms with E-state index in [9.17, 15) is 18.0 Å². The molecular weight excluding hydrogens is 271 g/mol. The molecule has 110 valence electrons. The number of carbonyl (C=O) groups excluding carboxylic acids is 1. The lowest BCUT2D eigenvalue weighted by atomic mass is 10.1. The van der Waals surface area contributed by atoms with Crippen LogP contribution in [0, 0.1) is 0 Å². The molecule has 1 aliphatic rings. The summed E-state index contributed by atoms with van der Waals surface area (Å²) in [4.78, 5) is 14.1. The Morgan fingerprint density at radius 1 is 1.15 bits per heavy atom. The summed E-state index contributed by atoms with van der Waals surface area (Å²) in [6.07, 6.45) is -4.53. The van der Waals surface area contributed by atoms with E-state index in [1.807, 2.05) is 7.05 Å². The Hall–Kier alpha value is -1.60. The van der Waals surface area contributed by atoms with Crippen LogP contribution in [0.1, 0.15) is 15.9 Å². The molecule has 1 aromatic carbocycles. The van der Waals surface area contributed by atoms with Crippen molar-refractivity contribution in [2.24, 2.45) is 0 Å². The molecule has 0 saturated carbocycles. The maximum absolute atomic E-state index is 12.8. The third-order valence-electron chi connectivity index (χ3n) is 3.24. The fourth-order valence-electron chi connectivity index (χ4n) is 2.05. The minimum atomic E-state index is -4.53. The number of hydrogen-bond acceptors (Lipinski definition) is 3. The smallest absolute Gasteiger partial charge is 0.304 e. The number of nitrogens with zero attached hydrogens (tertiary/aromatic N) is 2. The van der Waals surface area contributed by atoms with Crippen LogP contribution >= 0.6 is 0 Å². The molecule has 0 bridgehead atoms. The molecular formula is C13H16F3N3O. The molecule has 1 saturated heterocycles. The van der Waals surface area contributed by atoms with E-state index >= 15 is 0 Å². The number of rotatable bonds is 2. The van der Waals surface area contributed by atoms with Crippen LogP contribution in [0.2, 0.25) is 0 Å².